The van der Waals surface area contributed by atoms with E-state index < -0.39 is 0 Å². The van der Waals surface area contributed by atoms with Crippen molar-refractivity contribution in [2.24, 2.45) is 35.5 Å². The van der Waals surface area contributed by atoms with Crippen LogP contribution in [-0.2, 0) is 0 Å². The summed E-state index contributed by atoms with van der Waals surface area (Å²) < 4.78 is 0. The van der Waals surface area contributed by atoms with Gasteiger partial charge < -0.3 is 0 Å². The fourth-order valence-electron chi connectivity index (χ4n) is 6.77. The van der Waals surface area contributed by atoms with Crippen molar-refractivity contribution < 1.29 is 0 Å². The van der Waals surface area contributed by atoms with Gasteiger partial charge in [0.2, 0.25) is 0 Å². The Morgan fingerprint density at radius 2 is 1.64 bits per heavy atom. The second-order valence-corrected chi connectivity index (χ2v) is 8.62. The predicted octanol–water partition coefficient (Wildman–Crippen LogP) is 6.06. The molecule has 5 rings (SSSR count). The molecule has 0 bridgehead atoms. The van der Waals surface area contributed by atoms with Crippen LogP contribution < -0.4 is 0 Å². The molecule has 0 aliphatic heterocycles. The van der Waals surface area contributed by atoms with Gasteiger partial charge in [0.05, 0.1) is 0 Å². The van der Waals surface area contributed by atoms with Crippen molar-refractivity contribution in [1.29, 1.82) is 0 Å². The van der Waals surface area contributed by atoms with Crippen molar-refractivity contribution >= 4 is 0 Å². The molecule has 0 aromatic carbocycles. The molecule has 0 nitrogen and oxygen atoms in total. The first-order chi connectivity index (χ1) is 10.9. The highest BCUT2D eigenvalue weighted by Crippen LogP contribution is 2.56. The van der Waals surface area contributed by atoms with E-state index in [1.54, 1.807) is 11.1 Å². The van der Waals surface area contributed by atoms with Crippen molar-refractivity contribution in [3.05, 3.63) is 35.5 Å². The van der Waals surface area contributed by atoms with Gasteiger partial charge in [0, 0.05) is 11.8 Å². The Morgan fingerprint density at radius 1 is 0.682 bits per heavy atom. The van der Waals surface area contributed by atoms with E-state index in [-0.39, 0.29) is 0 Å². The summed E-state index contributed by atoms with van der Waals surface area (Å²) in [6.07, 6.45) is 25.2. The van der Waals surface area contributed by atoms with E-state index in [2.05, 4.69) is 24.3 Å². The molecule has 118 valence electrons. The summed E-state index contributed by atoms with van der Waals surface area (Å²) in [5.41, 5.74) is 3.51. The predicted molar refractivity (Wildman–Crippen MR) is 92.4 cm³/mol. The zero-order chi connectivity index (χ0) is 14.5. The van der Waals surface area contributed by atoms with E-state index in [1.807, 2.05) is 0 Å². The summed E-state index contributed by atoms with van der Waals surface area (Å²) in [4.78, 5) is 0. The molecule has 5 aliphatic rings. The van der Waals surface area contributed by atoms with E-state index in [0.29, 0.717) is 0 Å². The molecule has 0 radical (unpaired) electrons. The summed E-state index contributed by atoms with van der Waals surface area (Å²) in [6.45, 7) is 0. The lowest BCUT2D eigenvalue weighted by Gasteiger charge is -2.51. The minimum Gasteiger partial charge on any atom is -0.0804 e. The molecule has 0 spiro atoms. The van der Waals surface area contributed by atoms with Gasteiger partial charge >= 0.3 is 0 Å². The lowest BCUT2D eigenvalue weighted by atomic mass is 9.53. The van der Waals surface area contributed by atoms with Gasteiger partial charge in [-0.25, -0.2) is 0 Å². The first-order valence-corrected chi connectivity index (χ1v) is 10.0. The third kappa shape index (κ3) is 2.02. The maximum absolute atomic E-state index is 2.69. The average molecular weight is 294 g/mol. The topological polar surface area (TPSA) is 0 Å². The second-order valence-electron chi connectivity index (χ2n) is 8.62. The molecule has 0 heterocycles. The lowest BCUT2D eigenvalue weighted by molar-refractivity contribution is 0.0370. The van der Waals surface area contributed by atoms with Gasteiger partial charge in [-0.1, -0.05) is 43.6 Å². The van der Waals surface area contributed by atoms with Gasteiger partial charge in [-0.05, 0) is 79.8 Å². The van der Waals surface area contributed by atoms with Crippen LogP contribution in [0, 0.1) is 35.5 Å². The molecule has 0 saturated heterocycles. The third-order valence-electron chi connectivity index (χ3n) is 7.74. The molecule has 0 aromatic heterocycles. The maximum Gasteiger partial charge on any atom is 0.00490 e. The third-order valence-corrected chi connectivity index (χ3v) is 7.74. The van der Waals surface area contributed by atoms with E-state index in [0.717, 1.165) is 35.5 Å². The van der Waals surface area contributed by atoms with Gasteiger partial charge in [-0.15, -0.1) is 0 Å². The summed E-state index contributed by atoms with van der Waals surface area (Å²) in [6, 6.07) is 0. The molecule has 2 fully saturated rings. The van der Waals surface area contributed by atoms with Crippen LogP contribution in [0.3, 0.4) is 0 Å². The Bertz CT molecular complexity index is 534. The molecule has 5 aliphatic carbocycles. The Balaban J connectivity index is 1.48. The molecule has 0 N–H and O–H groups in total. The van der Waals surface area contributed by atoms with Crippen molar-refractivity contribution in [1.82, 2.24) is 0 Å². The molecule has 0 aromatic rings. The van der Waals surface area contributed by atoms with Crippen molar-refractivity contribution in [3.63, 3.8) is 0 Å². The van der Waals surface area contributed by atoms with Crippen LogP contribution in [0.5, 0.6) is 0 Å². The highest BCUT2D eigenvalue weighted by Gasteiger charge is 2.46. The maximum atomic E-state index is 2.69. The Morgan fingerprint density at radius 3 is 2.64 bits per heavy atom. The summed E-state index contributed by atoms with van der Waals surface area (Å²) >= 11 is 0. The first-order valence-electron chi connectivity index (χ1n) is 10.0. The number of fused-ring (bicyclic) bond motifs is 7. The van der Waals surface area contributed by atoms with Gasteiger partial charge in [0.1, 0.15) is 0 Å². The number of rotatable bonds is 0. The molecular formula is C22H30. The Kier molecular flexibility index (Phi) is 3.34. The van der Waals surface area contributed by atoms with Crippen LogP contribution in [0.25, 0.3) is 0 Å². The minimum absolute atomic E-state index is 0.763. The highest BCUT2D eigenvalue weighted by atomic mass is 14.5. The Labute approximate surface area is 135 Å². The monoisotopic (exact) mass is 294 g/mol. The molecule has 2 saturated carbocycles. The van der Waals surface area contributed by atoms with Gasteiger partial charge in [-0.2, -0.15) is 0 Å². The average Bonchev–Trinajstić information content (AvgIpc) is 2.60. The van der Waals surface area contributed by atoms with Crippen molar-refractivity contribution in [2.45, 2.75) is 64.2 Å². The number of hydrogen-bond donors (Lipinski definition) is 0. The number of hydrogen-bond acceptors (Lipinski definition) is 0. The van der Waals surface area contributed by atoms with Crippen LogP contribution in [0.2, 0.25) is 0 Å². The van der Waals surface area contributed by atoms with Crippen LogP contribution >= 0.6 is 0 Å². The SMILES string of the molecule is C1=CC2C(=CCC3C4CCCCC4CCC23)C2=CCCCC12. The van der Waals surface area contributed by atoms with Crippen LogP contribution in [-0.4, -0.2) is 0 Å². The molecule has 0 amide bonds. The lowest BCUT2D eigenvalue weighted by Crippen LogP contribution is -2.42. The highest BCUT2D eigenvalue weighted by molar-refractivity contribution is 5.45. The second kappa shape index (κ2) is 5.39. The summed E-state index contributed by atoms with van der Waals surface area (Å²) in [7, 11) is 0. The molecule has 6 atom stereocenters. The number of allylic oxidation sites excluding steroid dienone is 6. The van der Waals surface area contributed by atoms with Gasteiger partial charge in [0.15, 0.2) is 0 Å². The smallest absolute Gasteiger partial charge is 0.00490 e. The van der Waals surface area contributed by atoms with Gasteiger partial charge in [0.25, 0.3) is 0 Å². The standard InChI is InChI=1S/C22H30/c1-3-7-17-15(5-1)9-11-21-19(17)13-14-20-18-8-4-2-6-16(18)10-12-22(20)21/h7,9,11,13,15-16,18,20-22H,1-6,8,10,12,14H2. The van der Waals surface area contributed by atoms with Crippen LogP contribution in [0.15, 0.2) is 35.5 Å². The van der Waals surface area contributed by atoms with Crippen molar-refractivity contribution in [3.8, 4) is 0 Å². The summed E-state index contributed by atoms with van der Waals surface area (Å²) in [5, 5.41) is 0. The quantitative estimate of drug-likeness (QED) is 0.476. The molecule has 0 heteroatoms. The zero-order valence-electron chi connectivity index (χ0n) is 13.8. The summed E-state index contributed by atoms with van der Waals surface area (Å²) in [5.74, 6) is 5.68. The fourth-order valence-corrected chi connectivity index (χ4v) is 6.77. The van der Waals surface area contributed by atoms with Crippen molar-refractivity contribution in [2.75, 3.05) is 0 Å². The zero-order valence-corrected chi connectivity index (χ0v) is 13.8. The Hall–Kier alpha value is -0.780. The van der Waals surface area contributed by atoms with E-state index >= 15 is 0 Å². The largest absolute Gasteiger partial charge is 0.0804 e. The van der Waals surface area contributed by atoms with Crippen LogP contribution in [0.4, 0.5) is 0 Å². The fraction of sp³-hybridized carbons (Fsp3) is 0.727. The van der Waals surface area contributed by atoms with Gasteiger partial charge in [-0.3, -0.25) is 0 Å². The molecule has 6 unspecified atom stereocenters. The minimum atomic E-state index is 0.763. The first kappa shape index (κ1) is 13.6. The van der Waals surface area contributed by atoms with E-state index in [9.17, 15) is 0 Å². The molecule has 22 heavy (non-hydrogen) atoms. The van der Waals surface area contributed by atoms with Crippen LogP contribution in [0.1, 0.15) is 64.2 Å². The molecular weight excluding hydrogens is 264 g/mol. The normalized spacial score (nSPS) is 46.5. The van der Waals surface area contributed by atoms with E-state index in [1.165, 1.54) is 64.2 Å². The van der Waals surface area contributed by atoms with E-state index in [4.69, 9.17) is 0 Å².